The molecule has 7 heteroatoms. The van der Waals surface area contributed by atoms with Gasteiger partial charge in [0.15, 0.2) is 0 Å². The molecule has 0 aromatic carbocycles. The Morgan fingerprint density at radius 3 is 2.84 bits per heavy atom. The van der Waals surface area contributed by atoms with Crippen LogP contribution in [0.5, 0.6) is 0 Å². The van der Waals surface area contributed by atoms with Gasteiger partial charge in [0, 0.05) is 6.20 Å². The first-order chi connectivity index (χ1) is 9.15. The number of thiophene rings is 1. The van der Waals surface area contributed by atoms with Crippen molar-refractivity contribution in [2.45, 2.75) is 13.5 Å². The van der Waals surface area contributed by atoms with Crippen molar-refractivity contribution >= 4 is 23.4 Å². The molecule has 0 spiro atoms. The highest BCUT2D eigenvalue weighted by Crippen LogP contribution is 2.09. The normalized spacial score (nSPS) is 9.95. The number of esters is 1. The van der Waals surface area contributed by atoms with E-state index in [1.54, 1.807) is 29.9 Å². The molecule has 0 radical (unpaired) electrons. The number of hydrogen-bond donors (Lipinski definition) is 1. The SMILES string of the molecule is Cc1cnc(CNC(=O)OC(=O)c2cccs2)cn1. The van der Waals surface area contributed by atoms with Gasteiger partial charge in [0.1, 0.15) is 4.88 Å². The third-order valence-corrected chi connectivity index (χ3v) is 3.01. The molecule has 0 bridgehead atoms. The van der Waals surface area contributed by atoms with Crippen molar-refractivity contribution < 1.29 is 14.3 Å². The number of hydrogen-bond acceptors (Lipinski definition) is 6. The molecule has 2 aromatic heterocycles. The van der Waals surface area contributed by atoms with Crippen molar-refractivity contribution in [1.29, 1.82) is 0 Å². The maximum atomic E-state index is 11.5. The Morgan fingerprint density at radius 1 is 1.37 bits per heavy atom. The van der Waals surface area contributed by atoms with Crippen molar-refractivity contribution in [3.8, 4) is 0 Å². The fourth-order valence-corrected chi connectivity index (χ4v) is 1.84. The fourth-order valence-electron chi connectivity index (χ4n) is 1.24. The standard InChI is InChI=1S/C12H11N3O3S/c1-8-5-14-9(6-13-8)7-15-12(17)18-11(16)10-3-2-4-19-10/h2-6H,7H2,1H3,(H,15,17). The summed E-state index contributed by atoms with van der Waals surface area (Å²) in [5.74, 6) is -0.664. The van der Waals surface area contributed by atoms with E-state index in [1.807, 2.05) is 6.92 Å². The molecule has 6 nitrogen and oxygen atoms in total. The second-order valence-corrected chi connectivity index (χ2v) is 4.60. The first-order valence-electron chi connectivity index (χ1n) is 5.46. The lowest BCUT2D eigenvalue weighted by atomic mass is 10.4. The Kier molecular flexibility index (Phi) is 4.19. The lowest BCUT2D eigenvalue weighted by Gasteiger charge is -2.04. The highest BCUT2D eigenvalue weighted by molar-refractivity contribution is 7.12. The van der Waals surface area contributed by atoms with Gasteiger partial charge in [-0.15, -0.1) is 11.3 Å². The minimum atomic E-state index is -0.805. The number of nitrogens with zero attached hydrogens (tertiary/aromatic N) is 2. The highest BCUT2D eigenvalue weighted by Gasteiger charge is 2.13. The highest BCUT2D eigenvalue weighted by atomic mass is 32.1. The molecule has 2 aromatic rings. The quantitative estimate of drug-likeness (QED) is 0.684. The van der Waals surface area contributed by atoms with Crippen LogP contribution in [0.2, 0.25) is 0 Å². The number of ether oxygens (including phenoxy) is 1. The number of rotatable bonds is 3. The predicted octanol–water partition coefficient (Wildman–Crippen LogP) is 1.91. The monoisotopic (exact) mass is 277 g/mol. The Bertz CT molecular complexity index is 566. The van der Waals surface area contributed by atoms with Gasteiger partial charge in [-0.25, -0.2) is 9.59 Å². The summed E-state index contributed by atoms with van der Waals surface area (Å²) >= 11 is 1.21. The molecular weight excluding hydrogens is 266 g/mol. The van der Waals surface area contributed by atoms with Crippen molar-refractivity contribution in [3.63, 3.8) is 0 Å². The molecule has 98 valence electrons. The molecule has 0 saturated heterocycles. The van der Waals surface area contributed by atoms with Crippen LogP contribution in [-0.2, 0) is 11.3 Å². The van der Waals surface area contributed by atoms with Gasteiger partial charge >= 0.3 is 12.1 Å². The van der Waals surface area contributed by atoms with Crippen molar-refractivity contribution in [2.75, 3.05) is 0 Å². The maximum absolute atomic E-state index is 11.5. The summed E-state index contributed by atoms with van der Waals surface area (Å²) in [6.45, 7) is 1.97. The molecule has 0 aliphatic rings. The van der Waals surface area contributed by atoms with E-state index < -0.39 is 12.1 Å². The topological polar surface area (TPSA) is 81.2 Å². The van der Waals surface area contributed by atoms with Gasteiger partial charge in [-0.1, -0.05) is 6.07 Å². The van der Waals surface area contributed by atoms with Gasteiger partial charge in [0.05, 0.1) is 24.1 Å². The number of amides is 1. The average Bonchev–Trinajstić information content (AvgIpc) is 2.92. The average molecular weight is 277 g/mol. The van der Waals surface area contributed by atoms with Crippen LogP contribution in [0.25, 0.3) is 0 Å². The van der Waals surface area contributed by atoms with E-state index in [0.717, 1.165) is 5.69 Å². The molecule has 0 aliphatic carbocycles. The molecule has 2 heterocycles. The van der Waals surface area contributed by atoms with Gasteiger partial charge in [-0.2, -0.15) is 0 Å². The summed E-state index contributed by atoms with van der Waals surface area (Å²) in [5, 5.41) is 4.16. The smallest absolute Gasteiger partial charge is 0.372 e. The largest absolute Gasteiger partial charge is 0.415 e. The maximum Gasteiger partial charge on any atom is 0.415 e. The number of nitrogens with one attached hydrogen (secondary N) is 1. The molecule has 1 N–H and O–H groups in total. The molecule has 19 heavy (non-hydrogen) atoms. The first-order valence-corrected chi connectivity index (χ1v) is 6.34. The Hall–Kier alpha value is -2.28. The number of aromatic nitrogens is 2. The van der Waals surface area contributed by atoms with E-state index >= 15 is 0 Å². The summed E-state index contributed by atoms with van der Waals surface area (Å²) in [4.78, 5) is 31.3. The van der Waals surface area contributed by atoms with E-state index in [0.29, 0.717) is 10.6 Å². The first kappa shape index (κ1) is 13.2. The summed E-state index contributed by atoms with van der Waals surface area (Å²) in [7, 11) is 0. The molecule has 0 unspecified atom stereocenters. The van der Waals surface area contributed by atoms with Crippen LogP contribution in [0.4, 0.5) is 4.79 Å². The van der Waals surface area contributed by atoms with Crippen LogP contribution in [-0.4, -0.2) is 22.0 Å². The summed E-state index contributed by atoms with van der Waals surface area (Å²) in [6, 6.07) is 3.30. The lowest BCUT2D eigenvalue weighted by Crippen LogP contribution is -2.26. The van der Waals surface area contributed by atoms with Crippen molar-refractivity contribution in [2.24, 2.45) is 0 Å². The minimum Gasteiger partial charge on any atom is -0.372 e. The van der Waals surface area contributed by atoms with Crippen LogP contribution >= 0.6 is 11.3 Å². The van der Waals surface area contributed by atoms with Crippen LogP contribution in [0.15, 0.2) is 29.9 Å². The Labute approximate surface area is 113 Å². The molecule has 0 atom stereocenters. The van der Waals surface area contributed by atoms with Crippen LogP contribution in [0.3, 0.4) is 0 Å². The van der Waals surface area contributed by atoms with Crippen LogP contribution in [0, 0.1) is 6.92 Å². The van der Waals surface area contributed by atoms with Crippen molar-refractivity contribution in [3.05, 3.63) is 46.2 Å². The molecule has 0 fully saturated rings. The Morgan fingerprint density at radius 2 is 2.21 bits per heavy atom. The second kappa shape index (κ2) is 6.05. The molecule has 0 aliphatic heterocycles. The summed E-state index contributed by atoms with van der Waals surface area (Å²) < 4.78 is 4.61. The van der Waals surface area contributed by atoms with E-state index in [4.69, 9.17) is 0 Å². The number of carbonyl (C=O) groups excluding carboxylic acids is 2. The summed E-state index contributed by atoms with van der Waals surface area (Å²) in [6.07, 6.45) is 2.34. The number of aryl methyl sites for hydroxylation is 1. The Balaban J connectivity index is 1.82. The molecule has 0 saturated carbocycles. The number of carbonyl (C=O) groups is 2. The van der Waals surface area contributed by atoms with Crippen molar-refractivity contribution in [1.82, 2.24) is 15.3 Å². The fraction of sp³-hybridized carbons (Fsp3) is 0.167. The summed E-state index contributed by atoms with van der Waals surface area (Å²) in [5.41, 5.74) is 1.38. The zero-order valence-electron chi connectivity index (χ0n) is 10.1. The zero-order chi connectivity index (χ0) is 13.7. The van der Waals surface area contributed by atoms with Crippen LogP contribution in [0.1, 0.15) is 21.1 Å². The van der Waals surface area contributed by atoms with Gasteiger partial charge in [0.25, 0.3) is 0 Å². The third kappa shape index (κ3) is 3.85. The molecule has 2 rings (SSSR count). The van der Waals surface area contributed by atoms with Gasteiger partial charge < -0.3 is 10.1 Å². The van der Waals surface area contributed by atoms with E-state index in [1.165, 1.54) is 11.3 Å². The van der Waals surface area contributed by atoms with E-state index in [-0.39, 0.29) is 6.54 Å². The van der Waals surface area contributed by atoms with Gasteiger partial charge in [-0.05, 0) is 18.4 Å². The molecular formula is C12H11N3O3S. The predicted molar refractivity (Wildman–Crippen MR) is 68.7 cm³/mol. The van der Waals surface area contributed by atoms with Gasteiger partial charge in [0.2, 0.25) is 0 Å². The van der Waals surface area contributed by atoms with E-state index in [9.17, 15) is 9.59 Å². The lowest BCUT2D eigenvalue weighted by molar-refractivity contribution is 0.0626. The minimum absolute atomic E-state index is 0.157. The zero-order valence-corrected chi connectivity index (χ0v) is 10.9. The van der Waals surface area contributed by atoms with E-state index in [2.05, 4.69) is 20.0 Å². The second-order valence-electron chi connectivity index (χ2n) is 3.66. The van der Waals surface area contributed by atoms with Crippen LogP contribution < -0.4 is 5.32 Å². The third-order valence-electron chi connectivity index (χ3n) is 2.16. The molecule has 1 amide bonds. The number of alkyl carbamates (subject to hydrolysis) is 1. The van der Waals surface area contributed by atoms with Gasteiger partial charge in [-0.3, -0.25) is 9.97 Å².